The first-order valence-electron chi connectivity index (χ1n) is 3.86. The van der Waals surface area contributed by atoms with Crippen molar-refractivity contribution in [1.29, 1.82) is 0 Å². The van der Waals surface area contributed by atoms with Gasteiger partial charge in [-0.05, 0) is 30.2 Å². The van der Waals surface area contributed by atoms with Gasteiger partial charge in [0.05, 0.1) is 0 Å². The lowest BCUT2D eigenvalue weighted by Crippen LogP contribution is -1.78. The van der Waals surface area contributed by atoms with Crippen LogP contribution >= 0.6 is 0 Å². The van der Waals surface area contributed by atoms with Gasteiger partial charge in [0, 0.05) is 0 Å². The van der Waals surface area contributed by atoms with Crippen molar-refractivity contribution < 1.29 is 5.11 Å². The molecule has 0 heterocycles. The van der Waals surface area contributed by atoms with Gasteiger partial charge in [-0.3, -0.25) is 0 Å². The van der Waals surface area contributed by atoms with Crippen LogP contribution < -0.4 is 0 Å². The fourth-order valence-electron chi connectivity index (χ4n) is 1.09. The van der Waals surface area contributed by atoms with E-state index in [0.29, 0.717) is 0 Å². The average molecular weight is 160 g/mol. The highest BCUT2D eigenvalue weighted by Gasteiger charge is 1.95. The zero-order valence-electron chi connectivity index (χ0n) is 7.12. The molecule has 0 unspecified atom stereocenters. The number of phenolic OH excluding ortho intramolecular Hbond substituents is 1. The van der Waals surface area contributed by atoms with Gasteiger partial charge in [-0.2, -0.15) is 0 Å². The van der Waals surface area contributed by atoms with Gasteiger partial charge in [0.1, 0.15) is 5.75 Å². The second-order valence-corrected chi connectivity index (χ2v) is 2.50. The van der Waals surface area contributed by atoms with E-state index >= 15 is 0 Å². The molecule has 0 aromatic heterocycles. The van der Waals surface area contributed by atoms with Gasteiger partial charge in [-0.1, -0.05) is 30.9 Å². The van der Waals surface area contributed by atoms with Gasteiger partial charge < -0.3 is 5.11 Å². The first-order chi connectivity index (χ1) is 5.77. The van der Waals surface area contributed by atoms with Gasteiger partial charge in [0.15, 0.2) is 0 Å². The van der Waals surface area contributed by atoms with Crippen LogP contribution in [0.4, 0.5) is 0 Å². The summed E-state index contributed by atoms with van der Waals surface area (Å²) >= 11 is 0. The van der Waals surface area contributed by atoms with Crippen molar-refractivity contribution in [2.75, 3.05) is 0 Å². The maximum Gasteiger partial charge on any atom is 0.116 e. The maximum absolute atomic E-state index is 9.19. The zero-order chi connectivity index (χ0) is 8.97. The summed E-state index contributed by atoms with van der Waals surface area (Å²) in [5.41, 5.74) is 2.03. The van der Waals surface area contributed by atoms with Crippen LogP contribution in [0.2, 0.25) is 0 Å². The standard InChI is InChI=1S/C11H12O/c1-3-9(4-2)10-6-5-7-11(12)8-10/h3-8,12H,1H2,2H3/b9-4+. The fourth-order valence-corrected chi connectivity index (χ4v) is 1.09. The van der Waals surface area contributed by atoms with E-state index in [1.807, 2.05) is 25.1 Å². The van der Waals surface area contributed by atoms with Gasteiger partial charge in [-0.25, -0.2) is 0 Å². The molecule has 1 N–H and O–H groups in total. The number of benzene rings is 1. The molecule has 0 aliphatic carbocycles. The first kappa shape index (κ1) is 8.60. The molecule has 1 aromatic rings. The minimum Gasteiger partial charge on any atom is -0.508 e. The van der Waals surface area contributed by atoms with Crippen molar-refractivity contribution in [3.63, 3.8) is 0 Å². The summed E-state index contributed by atoms with van der Waals surface area (Å²) < 4.78 is 0. The van der Waals surface area contributed by atoms with Gasteiger partial charge in [0.25, 0.3) is 0 Å². The highest BCUT2D eigenvalue weighted by Crippen LogP contribution is 2.19. The van der Waals surface area contributed by atoms with Gasteiger partial charge >= 0.3 is 0 Å². The van der Waals surface area contributed by atoms with Crippen LogP contribution in [0.15, 0.2) is 43.0 Å². The maximum atomic E-state index is 9.19. The van der Waals surface area contributed by atoms with E-state index in [2.05, 4.69) is 6.58 Å². The SMILES string of the molecule is C=C/C(=C\C)c1cccc(O)c1. The minimum absolute atomic E-state index is 0.286. The smallest absolute Gasteiger partial charge is 0.116 e. The number of hydrogen-bond donors (Lipinski definition) is 1. The van der Waals surface area contributed by atoms with Crippen LogP contribution in [-0.2, 0) is 0 Å². The van der Waals surface area contributed by atoms with E-state index in [1.165, 1.54) is 0 Å². The zero-order valence-corrected chi connectivity index (χ0v) is 7.12. The van der Waals surface area contributed by atoms with Crippen LogP contribution in [0, 0.1) is 0 Å². The lowest BCUT2D eigenvalue weighted by Gasteiger charge is -2.01. The summed E-state index contributed by atoms with van der Waals surface area (Å²) in [6, 6.07) is 7.13. The fraction of sp³-hybridized carbons (Fsp3) is 0.0909. The summed E-state index contributed by atoms with van der Waals surface area (Å²) in [6.07, 6.45) is 3.73. The molecular weight excluding hydrogens is 148 g/mol. The molecule has 0 fully saturated rings. The summed E-state index contributed by atoms with van der Waals surface area (Å²) in [7, 11) is 0. The molecule has 62 valence electrons. The van der Waals surface area contributed by atoms with E-state index < -0.39 is 0 Å². The molecule has 0 radical (unpaired) electrons. The Kier molecular flexibility index (Phi) is 2.70. The summed E-state index contributed by atoms with van der Waals surface area (Å²) in [6.45, 7) is 5.63. The van der Waals surface area contributed by atoms with Crippen LogP contribution in [0.1, 0.15) is 12.5 Å². The van der Waals surface area contributed by atoms with E-state index in [9.17, 15) is 5.11 Å². The Morgan fingerprint density at radius 3 is 2.75 bits per heavy atom. The quantitative estimate of drug-likeness (QED) is 0.659. The number of aromatic hydroxyl groups is 1. The molecule has 0 bridgehead atoms. The predicted molar refractivity (Wildman–Crippen MR) is 52.0 cm³/mol. The molecule has 0 aliphatic rings. The lowest BCUT2D eigenvalue weighted by molar-refractivity contribution is 0.475. The summed E-state index contributed by atoms with van der Waals surface area (Å²) in [4.78, 5) is 0. The molecule has 0 spiro atoms. The normalized spacial score (nSPS) is 11.2. The summed E-state index contributed by atoms with van der Waals surface area (Å²) in [5, 5.41) is 9.19. The highest BCUT2D eigenvalue weighted by molar-refractivity contribution is 5.73. The molecule has 1 nitrogen and oxygen atoms in total. The van der Waals surface area contributed by atoms with Crippen molar-refractivity contribution in [3.8, 4) is 5.75 Å². The molecule has 1 aromatic carbocycles. The third kappa shape index (κ3) is 1.76. The van der Waals surface area contributed by atoms with Crippen molar-refractivity contribution in [2.24, 2.45) is 0 Å². The molecule has 0 aliphatic heterocycles. The second kappa shape index (κ2) is 3.77. The Morgan fingerprint density at radius 1 is 1.50 bits per heavy atom. The number of allylic oxidation sites excluding steroid dienone is 3. The second-order valence-electron chi connectivity index (χ2n) is 2.50. The van der Waals surface area contributed by atoms with Crippen LogP contribution in [0.5, 0.6) is 5.75 Å². The number of rotatable bonds is 2. The van der Waals surface area contributed by atoms with Crippen LogP contribution in [0.3, 0.4) is 0 Å². The Hall–Kier alpha value is -1.50. The first-order valence-corrected chi connectivity index (χ1v) is 3.86. The molecule has 1 rings (SSSR count). The third-order valence-corrected chi connectivity index (χ3v) is 1.71. The molecule has 0 saturated heterocycles. The Bertz CT molecular complexity index is 311. The molecule has 0 saturated carbocycles. The minimum atomic E-state index is 0.286. The molecule has 0 atom stereocenters. The molecule has 12 heavy (non-hydrogen) atoms. The Labute approximate surface area is 72.7 Å². The van der Waals surface area contributed by atoms with Crippen molar-refractivity contribution >= 4 is 5.57 Å². The highest BCUT2D eigenvalue weighted by atomic mass is 16.3. The summed E-state index contributed by atoms with van der Waals surface area (Å²) in [5.74, 6) is 0.286. The van der Waals surface area contributed by atoms with Crippen LogP contribution in [-0.4, -0.2) is 5.11 Å². The van der Waals surface area contributed by atoms with Gasteiger partial charge in [-0.15, -0.1) is 0 Å². The number of phenols is 1. The Morgan fingerprint density at radius 2 is 2.25 bits per heavy atom. The van der Waals surface area contributed by atoms with Crippen molar-refractivity contribution in [3.05, 3.63) is 48.6 Å². The van der Waals surface area contributed by atoms with Gasteiger partial charge in [0.2, 0.25) is 0 Å². The molecule has 1 heteroatoms. The van der Waals surface area contributed by atoms with E-state index in [4.69, 9.17) is 0 Å². The lowest BCUT2D eigenvalue weighted by atomic mass is 10.1. The molecule has 0 amide bonds. The topological polar surface area (TPSA) is 20.2 Å². The monoisotopic (exact) mass is 160 g/mol. The van der Waals surface area contributed by atoms with Crippen LogP contribution in [0.25, 0.3) is 5.57 Å². The van der Waals surface area contributed by atoms with E-state index in [1.54, 1.807) is 18.2 Å². The van der Waals surface area contributed by atoms with Crippen molar-refractivity contribution in [1.82, 2.24) is 0 Å². The van der Waals surface area contributed by atoms with E-state index in [-0.39, 0.29) is 5.75 Å². The third-order valence-electron chi connectivity index (χ3n) is 1.71. The average Bonchev–Trinajstić information content (AvgIpc) is 2.07. The number of hydrogen-bond acceptors (Lipinski definition) is 1. The van der Waals surface area contributed by atoms with Crippen molar-refractivity contribution in [2.45, 2.75) is 6.92 Å². The predicted octanol–water partition coefficient (Wildman–Crippen LogP) is 2.98. The Balaban J connectivity index is 3.10. The largest absolute Gasteiger partial charge is 0.508 e. The molecular formula is C11H12O. The van der Waals surface area contributed by atoms with E-state index in [0.717, 1.165) is 11.1 Å².